The summed E-state index contributed by atoms with van der Waals surface area (Å²) in [5, 5.41) is 1.59. The zero-order valence-electron chi connectivity index (χ0n) is 8.85. The van der Waals surface area contributed by atoms with Crippen LogP contribution in [0.1, 0.15) is 0 Å². The molecule has 1 aromatic heterocycles. The van der Waals surface area contributed by atoms with Crippen molar-refractivity contribution < 1.29 is 4.74 Å². The second-order valence-corrected chi connectivity index (χ2v) is 4.83. The van der Waals surface area contributed by atoms with Crippen LogP contribution in [0.25, 0.3) is 0 Å². The van der Waals surface area contributed by atoms with E-state index in [-0.39, 0.29) is 5.15 Å². The highest BCUT2D eigenvalue weighted by molar-refractivity contribution is 7.99. The maximum Gasteiger partial charge on any atom is 0.188 e. The minimum absolute atomic E-state index is 0.289. The van der Waals surface area contributed by atoms with Crippen molar-refractivity contribution in [3.8, 4) is 5.75 Å². The number of rotatable bonds is 3. The van der Waals surface area contributed by atoms with Gasteiger partial charge < -0.3 is 4.74 Å². The maximum absolute atomic E-state index is 6.07. The molecular formula is C11H8Cl2N2OS. The maximum atomic E-state index is 6.07. The fourth-order valence-corrected chi connectivity index (χ4v) is 2.62. The number of methoxy groups -OCH3 is 1. The minimum atomic E-state index is 0.289. The lowest BCUT2D eigenvalue weighted by Crippen LogP contribution is -1.92. The molecule has 2 rings (SSSR count). The van der Waals surface area contributed by atoms with Crippen molar-refractivity contribution in [3.05, 3.63) is 40.8 Å². The lowest BCUT2D eigenvalue weighted by atomic mass is 10.4. The largest absolute Gasteiger partial charge is 0.491 e. The zero-order valence-corrected chi connectivity index (χ0v) is 11.2. The molecule has 0 fully saturated rings. The number of hydrogen-bond acceptors (Lipinski definition) is 4. The van der Waals surface area contributed by atoms with Gasteiger partial charge in [0.1, 0.15) is 11.4 Å². The van der Waals surface area contributed by atoms with Gasteiger partial charge in [0, 0.05) is 4.90 Å². The van der Waals surface area contributed by atoms with Crippen molar-refractivity contribution in [1.82, 2.24) is 9.97 Å². The Morgan fingerprint density at radius 2 is 1.94 bits per heavy atom. The lowest BCUT2D eigenvalue weighted by molar-refractivity contribution is 0.398. The Morgan fingerprint density at radius 3 is 2.65 bits per heavy atom. The van der Waals surface area contributed by atoms with E-state index in [4.69, 9.17) is 27.9 Å². The van der Waals surface area contributed by atoms with Crippen LogP contribution in [-0.2, 0) is 0 Å². The first-order valence-corrected chi connectivity index (χ1v) is 6.26. The predicted octanol–water partition coefficient (Wildman–Crippen LogP) is 3.94. The Hall–Kier alpha value is -0.970. The average Bonchev–Trinajstić information content (AvgIpc) is 2.32. The molecule has 0 spiro atoms. The van der Waals surface area contributed by atoms with Crippen LogP contribution in [0.15, 0.2) is 40.5 Å². The molecule has 0 aliphatic rings. The molecule has 1 aromatic carbocycles. The summed E-state index contributed by atoms with van der Waals surface area (Å²) in [6, 6.07) is 7.50. The van der Waals surface area contributed by atoms with Crippen molar-refractivity contribution in [2.45, 2.75) is 9.92 Å². The third-order valence-electron chi connectivity index (χ3n) is 1.98. The van der Waals surface area contributed by atoms with E-state index < -0.39 is 0 Å². The van der Waals surface area contributed by atoms with E-state index in [0.29, 0.717) is 15.8 Å². The summed E-state index contributed by atoms with van der Waals surface area (Å²) in [5.74, 6) is 0.457. The first-order chi connectivity index (χ1) is 8.22. The number of ether oxygens (including phenoxy) is 1. The normalized spacial score (nSPS) is 10.3. The van der Waals surface area contributed by atoms with Crippen LogP contribution in [0.2, 0.25) is 10.2 Å². The SMILES string of the molecule is COc1c(Cl)ncnc1Sc1ccccc1Cl. The van der Waals surface area contributed by atoms with Gasteiger partial charge in [0.2, 0.25) is 0 Å². The van der Waals surface area contributed by atoms with Crippen LogP contribution < -0.4 is 4.74 Å². The second-order valence-electron chi connectivity index (χ2n) is 3.04. The molecule has 3 nitrogen and oxygen atoms in total. The van der Waals surface area contributed by atoms with Crippen molar-refractivity contribution >= 4 is 35.0 Å². The molecule has 6 heteroatoms. The van der Waals surface area contributed by atoms with Gasteiger partial charge in [-0.15, -0.1) is 0 Å². The summed E-state index contributed by atoms with van der Waals surface area (Å²) in [7, 11) is 1.53. The topological polar surface area (TPSA) is 35.0 Å². The van der Waals surface area contributed by atoms with Crippen molar-refractivity contribution in [1.29, 1.82) is 0 Å². The molecule has 2 aromatic rings. The number of nitrogens with zero attached hydrogens (tertiary/aromatic N) is 2. The van der Waals surface area contributed by atoms with Crippen LogP contribution in [0.5, 0.6) is 5.75 Å². The Labute approximate surface area is 113 Å². The molecule has 0 N–H and O–H groups in total. The monoisotopic (exact) mass is 286 g/mol. The van der Waals surface area contributed by atoms with E-state index in [9.17, 15) is 0 Å². The zero-order chi connectivity index (χ0) is 12.3. The highest BCUT2D eigenvalue weighted by Crippen LogP contribution is 2.38. The predicted molar refractivity (Wildman–Crippen MR) is 69.2 cm³/mol. The van der Waals surface area contributed by atoms with Crippen LogP contribution in [0.4, 0.5) is 0 Å². The second kappa shape index (κ2) is 5.58. The lowest BCUT2D eigenvalue weighted by Gasteiger charge is -2.08. The summed E-state index contributed by atoms with van der Waals surface area (Å²) in [4.78, 5) is 8.88. The minimum Gasteiger partial charge on any atom is -0.491 e. The fourth-order valence-electron chi connectivity index (χ4n) is 1.21. The van der Waals surface area contributed by atoms with Crippen molar-refractivity contribution in [2.75, 3.05) is 7.11 Å². The molecule has 0 saturated heterocycles. The van der Waals surface area contributed by atoms with E-state index in [1.807, 2.05) is 24.3 Å². The number of halogens is 2. The smallest absolute Gasteiger partial charge is 0.188 e. The van der Waals surface area contributed by atoms with Crippen molar-refractivity contribution in [2.24, 2.45) is 0 Å². The average molecular weight is 287 g/mol. The summed E-state index contributed by atoms with van der Waals surface area (Å²) in [6.07, 6.45) is 1.39. The Bertz CT molecular complexity index is 537. The van der Waals surface area contributed by atoms with Gasteiger partial charge in [0.15, 0.2) is 10.9 Å². The van der Waals surface area contributed by atoms with E-state index in [0.717, 1.165) is 4.90 Å². The van der Waals surface area contributed by atoms with Crippen LogP contribution in [0, 0.1) is 0 Å². The van der Waals surface area contributed by atoms with Crippen LogP contribution >= 0.6 is 35.0 Å². The molecular weight excluding hydrogens is 279 g/mol. The molecule has 0 unspecified atom stereocenters. The Balaban J connectivity index is 2.37. The molecule has 0 atom stereocenters. The van der Waals surface area contributed by atoms with Crippen molar-refractivity contribution in [3.63, 3.8) is 0 Å². The van der Waals surface area contributed by atoms with E-state index in [1.54, 1.807) is 0 Å². The molecule has 0 saturated carbocycles. The quantitative estimate of drug-likeness (QED) is 0.801. The van der Waals surface area contributed by atoms with Gasteiger partial charge >= 0.3 is 0 Å². The highest BCUT2D eigenvalue weighted by atomic mass is 35.5. The molecule has 17 heavy (non-hydrogen) atoms. The summed E-state index contributed by atoms with van der Waals surface area (Å²) >= 11 is 13.4. The molecule has 0 radical (unpaired) electrons. The fraction of sp³-hybridized carbons (Fsp3) is 0.0909. The molecule has 1 heterocycles. The van der Waals surface area contributed by atoms with Gasteiger partial charge in [-0.25, -0.2) is 9.97 Å². The number of benzene rings is 1. The Kier molecular flexibility index (Phi) is 4.10. The molecule has 88 valence electrons. The summed E-state index contributed by atoms with van der Waals surface area (Å²) in [6.45, 7) is 0. The first-order valence-electron chi connectivity index (χ1n) is 4.69. The van der Waals surface area contributed by atoms with Crippen LogP contribution in [0.3, 0.4) is 0 Å². The van der Waals surface area contributed by atoms with Gasteiger partial charge in [0.05, 0.1) is 12.1 Å². The highest BCUT2D eigenvalue weighted by Gasteiger charge is 2.12. The molecule has 0 amide bonds. The van der Waals surface area contributed by atoms with E-state index >= 15 is 0 Å². The van der Waals surface area contributed by atoms with Gasteiger partial charge in [0.25, 0.3) is 0 Å². The first kappa shape index (κ1) is 12.5. The van der Waals surface area contributed by atoms with Gasteiger partial charge in [-0.2, -0.15) is 0 Å². The summed E-state index contributed by atoms with van der Waals surface area (Å²) < 4.78 is 5.17. The van der Waals surface area contributed by atoms with Gasteiger partial charge in [-0.1, -0.05) is 47.1 Å². The third kappa shape index (κ3) is 2.83. The summed E-state index contributed by atoms with van der Waals surface area (Å²) in [5.41, 5.74) is 0. The van der Waals surface area contributed by atoms with Gasteiger partial charge in [-0.05, 0) is 12.1 Å². The standard InChI is InChI=1S/C11H8Cl2N2OS/c1-16-9-10(13)14-6-15-11(9)17-8-5-3-2-4-7(8)12/h2-6H,1H3. The van der Waals surface area contributed by atoms with E-state index in [2.05, 4.69) is 9.97 Å². The van der Waals surface area contributed by atoms with E-state index in [1.165, 1.54) is 25.2 Å². The number of hydrogen-bond donors (Lipinski definition) is 0. The third-order valence-corrected chi connectivity index (χ3v) is 3.75. The number of aromatic nitrogens is 2. The molecule has 0 aliphatic heterocycles. The molecule has 0 aliphatic carbocycles. The Morgan fingerprint density at radius 1 is 1.18 bits per heavy atom. The van der Waals surface area contributed by atoms with Gasteiger partial charge in [-0.3, -0.25) is 0 Å². The van der Waals surface area contributed by atoms with Crippen LogP contribution in [-0.4, -0.2) is 17.1 Å². The molecule has 0 bridgehead atoms.